The second kappa shape index (κ2) is 5.17. The summed E-state index contributed by atoms with van der Waals surface area (Å²) in [6.07, 6.45) is 4.80. The highest BCUT2D eigenvalue weighted by Crippen LogP contribution is 2.12. The van der Waals surface area contributed by atoms with E-state index in [4.69, 9.17) is 4.74 Å². The highest BCUT2D eigenvalue weighted by atomic mass is 35.5. The minimum Gasteiger partial charge on any atom is -0.490 e. The molecule has 1 atom stereocenters. The molecule has 1 aliphatic heterocycles. The molecular weight excluding hydrogens is 200 g/mol. The highest BCUT2D eigenvalue weighted by Gasteiger charge is 2.16. The van der Waals surface area contributed by atoms with Crippen molar-refractivity contribution in [2.24, 2.45) is 0 Å². The second-order valence-electron chi connectivity index (χ2n) is 3.45. The molecule has 78 valence electrons. The quantitative estimate of drug-likeness (QED) is 0.829. The van der Waals surface area contributed by atoms with Crippen molar-refractivity contribution in [1.82, 2.24) is 10.3 Å². The predicted molar refractivity (Wildman–Crippen MR) is 58.1 cm³/mol. The van der Waals surface area contributed by atoms with Crippen molar-refractivity contribution in [2.45, 2.75) is 19.4 Å². The zero-order chi connectivity index (χ0) is 9.10. The van der Waals surface area contributed by atoms with Gasteiger partial charge < -0.3 is 10.1 Å². The Morgan fingerprint density at radius 2 is 2.36 bits per heavy atom. The van der Waals surface area contributed by atoms with Crippen LogP contribution in [0, 0.1) is 6.92 Å². The number of ether oxygens (including phenoxy) is 1. The van der Waals surface area contributed by atoms with E-state index in [1.54, 1.807) is 6.20 Å². The minimum atomic E-state index is 0. The molecule has 14 heavy (non-hydrogen) atoms. The summed E-state index contributed by atoms with van der Waals surface area (Å²) in [4.78, 5) is 4.06. The molecule has 0 amide bonds. The van der Waals surface area contributed by atoms with Crippen molar-refractivity contribution >= 4 is 12.4 Å². The lowest BCUT2D eigenvalue weighted by atomic mass is 10.1. The Labute approximate surface area is 90.3 Å². The van der Waals surface area contributed by atoms with Gasteiger partial charge in [-0.2, -0.15) is 0 Å². The van der Waals surface area contributed by atoms with E-state index in [1.807, 2.05) is 19.2 Å². The van der Waals surface area contributed by atoms with Gasteiger partial charge in [-0.25, -0.2) is 0 Å². The van der Waals surface area contributed by atoms with E-state index in [-0.39, 0.29) is 12.4 Å². The molecule has 0 unspecified atom stereocenters. The first-order valence-electron chi connectivity index (χ1n) is 4.62. The van der Waals surface area contributed by atoms with Crippen molar-refractivity contribution in [3.63, 3.8) is 0 Å². The molecular formula is C10H15ClN2O. The van der Waals surface area contributed by atoms with Gasteiger partial charge in [0.05, 0.1) is 6.20 Å². The molecule has 1 fully saturated rings. The summed E-state index contributed by atoms with van der Waals surface area (Å²) >= 11 is 0. The average molecular weight is 215 g/mol. The second-order valence-corrected chi connectivity index (χ2v) is 3.45. The molecule has 1 saturated heterocycles. The molecule has 3 nitrogen and oxygen atoms in total. The first-order chi connectivity index (χ1) is 6.34. The Morgan fingerprint density at radius 1 is 1.57 bits per heavy atom. The van der Waals surface area contributed by atoms with E-state index in [9.17, 15) is 0 Å². The van der Waals surface area contributed by atoms with Crippen LogP contribution in [0.5, 0.6) is 5.75 Å². The van der Waals surface area contributed by atoms with E-state index >= 15 is 0 Å². The summed E-state index contributed by atoms with van der Waals surface area (Å²) < 4.78 is 5.57. The third kappa shape index (κ3) is 2.86. The largest absolute Gasteiger partial charge is 0.490 e. The van der Waals surface area contributed by atoms with Crippen LogP contribution in [0.3, 0.4) is 0 Å². The number of hydrogen-bond acceptors (Lipinski definition) is 3. The standard InChI is InChI=1S/C10H14N2O.ClH/c1-8-4-10(6-11-5-8)13-7-9-2-3-12-9;/h4-6,9,12H,2-3,7H2,1H3;1H/t9-;/m0./s1. The van der Waals surface area contributed by atoms with Crippen molar-refractivity contribution < 1.29 is 4.74 Å². The predicted octanol–water partition coefficient (Wildman–Crippen LogP) is 1.55. The van der Waals surface area contributed by atoms with Crippen LogP contribution < -0.4 is 10.1 Å². The van der Waals surface area contributed by atoms with Crippen LogP contribution in [-0.2, 0) is 0 Å². The van der Waals surface area contributed by atoms with Crippen LogP contribution in [0.4, 0.5) is 0 Å². The van der Waals surface area contributed by atoms with Gasteiger partial charge in [0.1, 0.15) is 12.4 Å². The Bertz CT molecular complexity index is 289. The van der Waals surface area contributed by atoms with Crippen LogP contribution in [0.15, 0.2) is 18.5 Å². The molecule has 0 spiro atoms. The number of nitrogens with zero attached hydrogens (tertiary/aromatic N) is 1. The number of hydrogen-bond donors (Lipinski definition) is 1. The molecule has 4 heteroatoms. The van der Waals surface area contributed by atoms with Gasteiger partial charge in [0.25, 0.3) is 0 Å². The van der Waals surface area contributed by atoms with Crippen LogP contribution >= 0.6 is 12.4 Å². The van der Waals surface area contributed by atoms with Gasteiger partial charge in [0, 0.05) is 12.2 Å². The van der Waals surface area contributed by atoms with E-state index in [2.05, 4.69) is 10.3 Å². The molecule has 2 heterocycles. The molecule has 0 bridgehead atoms. The number of pyridine rings is 1. The Kier molecular flexibility index (Phi) is 4.17. The summed E-state index contributed by atoms with van der Waals surface area (Å²) in [5.74, 6) is 0.869. The summed E-state index contributed by atoms with van der Waals surface area (Å²) in [6.45, 7) is 3.90. The highest BCUT2D eigenvalue weighted by molar-refractivity contribution is 5.85. The van der Waals surface area contributed by atoms with Crippen molar-refractivity contribution in [2.75, 3.05) is 13.2 Å². The lowest BCUT2D eigenvalue weighted by molar-refractivity contribution is 0.217. The van der Waals surface area contributed by atoms with Gasteiger partial charge in [-0.3, -0.25) is 4.98 Å². The van der Waals surface area contributed by atoms with Crippen molar-refractivity contribution in [1.29, 1.82) is 0 Å². The van der Waals surface area contributed by atoms with Crippen LogP contribution in [0.2, 0.25) is 0 Å². The maximum absolute atomic E-state index is 5.57. The minimum absolute atomic E-state index is 0. The molecule has 1 N–H and O–H groups in total. The summed E-state index contributed by atoms with van der Waals surface area (Å²) in [5.41, 5.74) is 1.14. The molecule has 0 aromatic carbocycles. The van der Waals surface area contributed by atoms with Gasteiger partial charge in [-0.15, -0.1) is 12.4 Å². The first kappa shape index (κ1) is 11.3. The number of nitrogens with one attached hydrogen (secondary N) is 1. The third-order valence-electron chi connectivity index (χ3n) is 2.23. The molecule has 0 aliphatic carbocycles. The fraction of sp³-hybridized carbons (Fsp3) is 0.500. The molecule has 1 aliphatic rings. The number of aromatic nitrogens is 1. The van der Waals surface area contributed by atoms with Crippen molar-refractivity contribution in [3.05, 3.63) is 24.0 Å². The maximum Gasteiger partial charge on any atom is 0.137 e. The molecule has 2 rings (SSSR count). The Morgan fingerprint density at radius 3 is 2.93 bits per heavy atom. The summed E-state index contributed by atoms with van der Waals surface area (Å²) in [6, 6.07) is 2.55. The zero-order valence-electron chi connectivity index (χ0n) is 8.19. The average Bonchev–Trinajstić information content (AvgIpc) is 2.01. The molecule has 0 radical (unpaired) electrons. The topological polar surface area (TPSA) is 34.1 Å². The molecule has 1 aromatic heterocycles. The van der Waals surface area contributed by atoms with Gasteiger partial charge in [0.15, 0.2) is 0 Å². The fourth-order valence-electron chi connectivity index (χ4n) is 1.29. The Hall–Kier alpha value is -0.800. The number of aryl methyl sites for hydroxylation is 1. The zero-order valence-corrected chi connectivity index (χ0v) is 9.01. The maximum atomic E-state index is 5.57. The van der Waals surface area contributed by atoms with Crippen molar-refractivity contribution in [3.8, 4) is 5.75 Å². The van der Waals surface area contributed by atoms with Crippen LogP contribution in [0.1, 0.15) is 12.0 Å². The Balaban J connectivity index is 0.000000980. The SMILES string of the molecule is Cc1cncc(OC[C@@H]2CCN2)c1.Cl. The summed E-state index contributed by atoms with van der Waals surface area (Å²) in [7, 11) is 0. The van der Waals surface area contributed by atoms with Gasteiger partial charge in [-0.05, 0) is 31.5 Å². The molecule has 1 aromatic rings. The number of rotatable bonds is 3. The third-order valence-corrected chi connectivity index (χ3v) is 2.23. The lowest BCUT2D eigenvalue weighted by Gasteiger charge is -2.27. The fourth-order valence-corrected chi connectivity index (χ4v) is 1.29. The number of halogens is 1. The van der Waals surface area contributed by atoms with E-state index < -0.39 is 0 Å². The van der Waals surface area contributed by atoms with E-state index in [0.29, 0.717) is 6.04 Å². The van der Waals surface area contributed by atoms with E-state index in [1.165, 1.54) is 6.42 Å². The van der Waals surface area contributed by atoms with Gasteiger partial charge >= 0.3 is 0 Å². The smallest absolute Gasteiger partial charge is 0.137 e. The van der Waals surface area contributed by atoms with Gasteiger partial charge in [-0.1, -0.05) is 0 Å². The normalized spacial score (nSPS) is 19.4. The monoisotopic (exact) mass is 214 g/mol. The van der Waals surface area contributed by atoms with Gasteiger partial charge in [0.2, 0.25) is 0 Å². The summed E-state index contributed by atoms with van der Waals surface area (Å²) in [5, 5.41) is 3.28. The van der Waals surface area contributed by atoms with Crippen LogP contribution in [0.25, 0.3) is 0 Å². The molecule has 0 saturated carbocycles. The first-order valence-corrected chi connectivity index (χ1v) is 4.62. The van der Waals surface area contributed by atoms with E-state index in [0.717, 1.165) is 24.5 Å². The van der Waals surface area contributed by atoms with Crippen LogP contribution in [-0.4, -0.2) is 24.2 Å². The lowest BCUT2D eigenvalue weighted by Crippen LogP contribution is -2.46.